The van der Waals surface area contributed by atoms with E-state index in [1.54, 1.807) is 0 Å². The van der Waals surface area contributed by atoms with Crippen LogP contribution in [0.2, 0.25) is 0 Å². The Morgan fingerprint density at radius 2 is 2.33 bits per heavy atom. The molecule has 0 aromatic carbocycles. The summed E-state index contributed by atoms with van der Waals surface area (Å²) >= 11 is 0. The molecule has 1 aliphatic rings. The first-order valence-corrected chi connectivity index (χ1v) is 3.63. The smallest absolute Gasteiger partial charge is 0.0500 e. The van der Waals surface area contributed by atoms with Crippen LogP contribution in [0.15, 0.2) is 11.6 Å². The third-order valence-electron chi connectivity index (χ3n) is 1.61. The van der Waals surface area contributed by atoms with Crippen LogP contribution in [-0.4, -0.2) is 13.2 Å². The summed E-state index contributed by atoms with van der Waals surface area (Å²) in [6, 6.07) is 0. The van der Waals surface area contributed by atoms with Gasteiger partial charge in [-0.1, -0.05) is 11.6 Å². The second-order valence-corrected chi connectivity index (χ2v) is 2.56. The van der Waals surface area contributed by atoms with Crippen molar-refractivity contribution in [2.75, 3.05) is 13.2 Å². The van der Waals surface area contributed by atoms with Gasteiger partial charge in [0.25, 0.3) is 0 Å². The summed E-state index contributed by atoms with van der Waals surface area (Å²) in [6.07, 6.45) is 5.80. The lowest BCUT2D eigenvalue weighted by atomic mass is 10.1. The van der Waals surface area contributed by atoms with Gasteiger partial charge in [0.05, 0.1) is 6.61 Å². The Labute approximate surface area is 56.7 Å². The van der Waals surface area contributed by atoms with E-state index in [1.165, 1.54) is 18.4 Å². The molecule has 0 saturated heterocycles. The average molecular weight is 126 g/mol. The molecule has 1 rings (SSSR count). The lowest BCUT2D eigenvalue weighted by Gasteiger charge is -2.07. The molecule has 1 heterocycles. The molecule has 9 heavy (non-hydrogen) atoms. The monoisotopic (exact) mass is 126 g/mol. The molecule has 0 N–H and O–H groups in total. The largest absolute Gasteiger partial charge is 0.381 e. The third-order valence-corrected chi connectivity index (χ3v) is 1.61. The molecule has 1 nitrogen and oxygen atoms in total. The molecule has 0 fully saturated rings. The minimum Gasteiger partial charge on any atom is -0.381 e. The van der Waals surface area contributed by atoms with Crippen molar-refractivity contribution in [3.63, 3.8) is 0 Å². The second kappa shape index (κ2) is 3.67. The van der Waals surface area contributed by atoms with Gasteiger partial charge in [-0.25, -0.2) is 0 Å². The Bertz CT molecular complexity index is 105. The highest BCUT2D eigenvalue weighted by Gasteiger charge is 1.95. The molecule has 0 aromatic rings. The van der Waals surface area contributed by atoms with Gasteiger partial charge in [-0.2, -0.15) is 0 Å². The second-order valence-electron chi connectivity index (χ2n) is 2.56. The van der Waals surface area contributed by atoms with E-state index in [0.29, 0.717) is 0 Å². The Kier molecular flexibility index (Phi) is 2.78. The highest BCUT2D eigenvalue weighted by molar-refractivity contribution is 4.98. The highest BCUT2D eigenvalue weighted by Crippen LogP contribution is 2.07. The molecule has 0 saturated carbocycles. The Morgan fingerprint density at radius 3 is 3.22 bits per heavy atom. The Balaban J connectivity index is 2.32. The first-order valence-electron chi connectivity index (χ1n) is 3.63. The molecule has 1 aliphatic heterocycles. The number of rotatable bonds is 0. The number of allylic oxidation sites excluding steroid dienone is 1. The van der Waals surface area contributed by atoms with Gasteiger partial charge in [0.2, 0.25) is 0 Å². The average Bonchev–Trinajstić information content (AvgIpc) is 1.79. The van der Waals surface area contributed by atoms with Gasteiger partial charge in [0.15, 0.2) is 0 Å². The molecule has 0 aliphatic carbocycles. The van der Waals surface area contributed by atoms with Gasteiger partial charge in [0, 0.05) is 6.61 Å². The van der Waals surface area contributed by atoms with Crippen LogP contribution in [0.1, 0.15) is 26.2 Å². The number of hydrogen-bond donors (Lipinski definition) is 0. The van der Waals surface area contributed by atoms with Crippen molar-refractivity contribution in [1.82, 2.24) is 0 Å². The molecule has 0 aromatic heterocycles. The van der Waals surface area contributed by atoms with E-state index < -0.39 is 0 Å². The summed E-state index contributed by atoms with van der Waals surface area (Å²) in [6.45, 7) is 4.06. The Hall–Kier alpha value is -0.300. The predicted octanol–water partition coefficient (Wildman–Crippen LogP) is 2.13. The molecular formula is C8H14O. The van der Waals surface area contributed by atoms with Crippen LogP contribution >= 0.6 is 0 Å². The highest BCUT2D eigenvalue weighted by atomic mass is 16.5. The zero-order valence-electron chi connectivity index (χ0n) is 6.02. The predicted molar refractivity (Wildman–Crippen MR) is 38.4 cm³/mol. The topological polar surface area (TPSA) is 9.23 Å². The summed E-state index contributed by atoms with van der Waals surface area (Å²) in [7, 11) is 0. The van der Waals surface area contributed by atoms with E-state index >= 15 is 0 Å². The minimum absolute atomic E-state index is 0.914. The summed E-state index contributed by atoms with van der Waals surface area (Å²) < 4.78 is 5.28. The summed E-state index contributed by atoms with van der Waals surface area (Å²) in [4.78, 5) is 0. The molecule has 0 spiro atoms. The quantitative estimate of drug-likeness (QED) is 0.452. The fourth-order valence-electron chi connectivity index (χ4n) is 1.05. The van der Waals surface area contributed by atoms with Crippen molar-refractivity contribution in [3.05, 3.63) is 11.6 Å². The number of ether oxygens (including phenoxy) is 1. The molecule has 0 radical (unpaired) electrons. The Morgan fingerprint density at radius 1 is 1.44 bits per heavy atom. The molecule has 52 valence electrons. The zero-order valence-corrected chi connectivity index (χ0v) is 6.02. The van der Waals surface area contributed by atoms with E-state index in [-0.39, 0.29) is 0 Å². The van der Waals surface area contributed by atoms with E-state index in [4.69, 9.17) is 4.74 Å². The van der Waals surface area contributed by atoms with E-state index in [0.717, 1.165) is 19.6 Å². The third kappa shape index (κ3) is 2.66. The lowest BCUT2D eigenvalue weighted by Crippen LogP contribution is -1.99. The van der Waals surface area contributed by atoms with Crippen LogP contribution in [-0.2, 0) is 4.74 Å². The molecule has 0 bridgehead atoms. The van der Waals surface area contributed by atoms with E-state index in [1.807, 2.05) is 0 Å². The summed E-state index contributed by atoms with van der Waals surface area (Å²) in [5.74, 6) is 0. The first kappa shape index (κ1) is 6.81. The minimum atomic E-state index is 0.914. The van der Waals surface area contributed by atoms with Crippen molar-refractivity contribution < 1.29 is 4.74 Å². The van der Waals surface area contributed by atoms with E-state index in [2.05, 4.69) is 13.0 Å². The maximum Gasteiger partial charge on any atom is 0.0500 e. The van der Waals surface area contributed by atoms with Crippen LogP contribution < -0.4 is 0 Å². The molecule has 0 atom stereocenters. The first-order chi connectivity index (χ1) is 4.39. The zero-order chi connectivity index (χ0) is 6.53. The van der Waals surface area contributed by atoms with Gasteiger partial charge in [-0.05, 0) is 26.2 Å². The van der Waals surface area contributed by atoms with Gasteiger partial charge in [0.1, 0.15) is 0 Å². The van der Waals surface area contributed by atoms with Gasteiger partial charge in [-0.15, -0.1) is 0 Å². The van der Waals surface area contributed by atoms with Crippen molar-refractivity contribution in [2.45, 2.75) is 26.2 Å². The molecule has 0 amide bonds. The lowest BCUT2D eigenvalue weighted by molar-refractivity contribution is 0.133. The molecule has 0 unspecified atom stereocenters. The van der Waals surface area contributed by atoms with Crippen LogP contribution in [0.3, 0.4) is 0 Å². The van der Waals surface area contributed by atoms with Crippen LogP contribution in [0.25, 0.3) is 0 Å². The van der Waals surface area contributed by atoms with Crippen molar-refractivity contribution >= 4 is 0 Å². The van der Waals surface area contributed by atoms with Crippen LogP contribution in [0.4, 0.5) is 0 Å². The normalized spacial score (nSPS) is 22.1. The van der Waals surface area contributed by atoms with Crippen LogP contribution in [0, 0.1) is 0 Å². The summed E-state index contributed by atoms with van der Waals surface area (Å²) in [5, 5.41) is 0. The maximum absolute atomic E-state index is 5.28. The summed E-state index contributed by atoms with van der Waals surface area (Å²) in [5.41, 5.74) is 1.53. The van der Waals surface area contributed by atoms with Crippen molar-refractivity contribution in [1.29, 1.82) is 0 Å². The van der Waals surface area contributed by atoms with Gasteiger partial charge in [-0.3, -0.25) is 0 Å². The standard InChI is InChI=1S/C8H14O/c1-8-4-2-6-9-7-3-5-8/h4H,2-3,5-7H2,1H3. The molecular weight excluding hydrogens is 112 g/mol. The number of hydrogen-bond acceptors (Lipinski definition) is 1. The van der Waals surface area contributed by atoms with Gasteiger partial charge >= 0.3 is 0 Å². The molecule has 1 heteroatoms. The fourth-order valence-corrected chi connectivity index (χ4v) is 1.05. The van der Waals surface area contributed by atoms with Crippen molar-refractivity contribution in [3.8, 4) is 0 Å². The van der Waals surface area contributed by atoms with Gasteiger partial charge < -0.3 is 4.74 Å². The van der Waals surface area contributed by atoms with E-state index in [9.17, 15) is 0 Å². The SMILES string of the molecule is CC1=CCCOCCC1. The van der Waals surface area contributed by atoms with Crippen molar-refractivity contribution in [2.24, 2.45) is 0 Å². The van der Waals surface area contributed by atoms with Crippen LogP contribution in [0.5, 0.6) is 0 Å². The fraction of sp³-hybridized carbons (Fsp3) is 0.750. The maximum atomic E-state index is 5.28.